The Bertz CT molecular complexity index is 646. The van der Waals surface area contributed by atoms with Crippen LogP contribution in [-0.2, 0) is 0 Å². The third kappa shape index (κ3) is 5.72. The molecule has 0 saturated carbocycles. The average Bonchev–Trinajstić information content (AvgIpc) is 2.67. The minimum Gasteiger partial charge on any atom is -0.496 e. The van der Waals surface area contributed by atoms with E-state index in [9.17, 15) is 5.11 Å². The van der Waals surface area contributed by atoms with E-state index >= 15 is 0 Å². The summed E-state index contributed by atoms with van der Waals surface area (Å²) in [6.07, 6.45) is 6.91. The molecule has 0 radical (unpaired) electrons. The summed E-state index contributed by atoms with van der Waals surface area (Å²) in [4.78, 5) is 2.44. The van der Waals surface area contributed by atoms with Gasteiger partial charge in [0.05, 0.1) is 13.2 Å². The largest absolute Gasteiger partial charge is 0.496 e. The van der Waals surface area contributed by atoms with E-state index < -0.39 is 6.10 Å². The molecular weight excluding hydrogens is 322 g/mol. The zero-order valence-corrected chi connectivity index (χ0v) is 16.7. The molecule has 2 rings (SSSR count). The second-order valence-corrected chi connectivity index (χ2v) is 7.13. The molecule has 1 N–H and O–H groups in total. The molecule has 26 heavy (non-hydrogen) atoms. The van der Waals surface area contributed by atoms with Gasteiger partial charge in [-0.05, 0) is 42.9 Å². The Morgan fingerprint density at radius 2 is 1.50 bits per heavy atom. The number of hydrogen-bond acceptors (Lipinski definition) is 3. The van der Waals surface area contributed by atoms with Crippen LogP contribution in [0.2, 0.25) is 0 Å². The standard InChI is InChI=1S/C23H35NO2/c1-4-6-10-16-24(17-11-7-5-2)18-22(25)20-14-15-23(26-3)21-13-9-8-12-19(20)21/h8-9,12-15,22,25H,4-7,10-11,16-18H2,1-3H3/t22-/m0/s1. The molecule has 0 aliphatic heterocycles. The lowest BCUT2D eigenvalue weighted by Crippen LogP contribution is -2.31. The molecule has 0 spiro atoms. The Kier molecular flexibility index (Phi) is 8.93. The maximum atomic E-state index is 11.0. The van der Waals surface area contributed by atoms with Crippen molar-refractivity contribution in [3.05, 3.63) is 42.0 Å². The third-order valence-corrected chi connectivity index (χ3v) is 5.08. The Balaban J connectivity index is 2.14. The van der Waals surface area contributed by atoms with Gasteiger partial charge >= 0.3 is 0 Å². The molecule has 0 saturated heterocycles. The van der Waals surface area contributed by atoms with Gasteiger partial charge in [-0.15, -0.1) is 0 Å². The van der Waals surface area contributed by atoms with Crippen molar-refractivity contribution in [3.63, 3.8) is 0 Å². The van der Waals surface area contributed by atoms with Crippen LogP contribution in [-0.4, -0.2) is 36.8 Å². The van der Waals surface area contributed by atoms with E-state index in [1.54, 1.807) is 7.11 Å². The van der Waals surface area contributed by atoms with E-state index in [-0.39, 0.29) is 0 Å². The SMILES string of the molecule is CCCCCN(CCCCC)C[C@H](O)c1ccc(OC)c2ccccc12. The first-order chi connectivity index (χ1) is 12.7. The predicted octanol–water partition coefficient (Wildman–Crippen LogP) is 5.56. The molecule has 0 aliphatic carbocycles. The zero-order chi connectivity index (χ0) is 18.8. The zero-order valence-electron chi connectivity index (χ0n) is 16.7. The number of aliphatic hydroxyl groups is 1. The molecule has 144 valence electrons. The molecule has 3 heteroatoms. The normalized spacial score (nSPS) is 12.7. The fourth-order valence-corrected chi connectivity index (χ4v) is 3.57. The topological polar surface area (TPSA) is 32.7 Å². The molecule has 0 fully saturated rings. The van der Waals surface area contributed by atoms with Crippen molar-refractivity contribution in [1.82, 2.24) is 4.90 Å². The van der Waals surface area contributed by atoms with E-state index in [1.807, 2.05) is 24.3 Å². The lowest BCUT2D eigenvalue weighted by molar-refractivity contribution is 0.111. The summed E-state index contributed by atoms with van der Waals surface area (Å²) >= 11 is 0. The first-order valence-corrected chi connectivity index (χ1v) is 10.2. The maximum absolute atomic E-state index is 11.0. The average molecular weight is 358 g/mol. The van der Waals surface area contributed by atoms with Crippen LogP contribution < -0.4 is 4.74 Å². The van der Waals surface area contributed by atoms with Crippen LogP contribution in [0.3, 0.4) is 0 Å². The summed E-state index contributed by atoms with van der Waals surface area (Å²) in [7, 11) is 1.70. The predicted molar refractivity (Wildman–Crippen MR) is 111 cm³/mol. The second kappa shape index (κ2) is 11.2. The van der Waals surface area contributed by atoms with Gasteiger partial charge in [-0.3, -0.25) is 0 Å². The molecule has 3 nitrogen and oxygen atoms in total. The van der Waals surface area contributed by atoms with Gasteiger partial charge in [-0.25, -0.2) is 0 Å². The summed E-state index contributed by atoms with van der Waals surface area (Å²) in [5.41, 5.74) is 0.998. The molecular formula is C23H35NO2. The van der Waals surface area contributed by atoms with Crippen LogP contribution in [0.4, 0.5) is 0 Å². The molecule has 0 unspecified atom stereocenters. The quantitative estimate of drug-likeness (QED) is 0.504. The summed E-state index contributed by atoms with van der Waals surface area (Å²) in [6, 6.07) is 12.2. The minimum atomic E-state index is -0.478. The van der Waals surface area contributed by atoms with Gasteiger partial charge in [0.25, 0.3) is 0 Å². The van der Waals surface area contributed by atoms with Gasteiger partial charge in [0, 0.05) is 11.9 Å². The van der Waals surface area contributed by atoms with E-state index in [1.165, 1.54) is 38.5 Å². The Morgan fingerprint density at radius 1 is 0.885 bits per heavy atom. The van der Waals surface area contributed by atoms with Gasteiger partial charge in [0.2, 0.25) is 0 Å². The van der Waals surface area contributed by atoms with Crippen LogP contribution in [0.25, 0.3) is 10.8 Å². The fourth-order valence-electron chi connectivity index (χ4n) is 3.57. The van der Waals surface area contributed by atoms with E-state index in [0.29, 0.717) is 6.54 Å². The Morgan fingerprint density at radius 3 is 2.08 bits per heavy atom. The summed E-state index contributed by atoms with van der Waals surface area (Å²) < 4.78 is 5.48. The second-order valence-electron chi connectivity index (χ2n) is 7.13. The lowest BCUT2D eigenvalue weighted by Gasteiger charge is -2.26. The summed E-state index contributed by atoms with van der Waals surface area (Å²) in [5, 5.41) is 13.1. The molecule has 0 aliphatic rings. The van der Waals surface area contributed by atoms with E-state index in [2.05, 4.69) is 30.9 Å². The summed E-state index contributed by atoms with van der Waals surface area (Å²) in [5.74, 6) is 0.860. The van der Waals surface area contributed by atoms with Crippen molar-refractivity contribution in [2.24, 2.45) is 0 Å². The minimum absolute atomic E-state index is 0.478. The number of nitrogens with zero attached hydrogens (tertiary/aromatic N) is 1. The van der Waals surface area contributed by atoms with Crippen molar-refractivity contribution in [2.45, 2.75) is 58.5 Å². The van der Waals surface area contributed by atoms with Crippen LogP contribution in [0.1, 0.15) is 64.0 Å². The first-order valence-electron chi connectivity index (χ1n) is 10.2. The lowest BCUT2D eigenvalue weighted by atomic mass is 9.99. The number of methoxy groups -OCH3 is 1. The molecule has 2 aromatic rings. The van der Waals surface area contributed by atoms with Gasteiger partial charge in [-0.2, -0.15) is 0 Å². The van der Waals surface area contributed by atoms with Crippen molar-refractivity contribution >= 4 is 10.8 Å². The highest BCUT2D eigenvalue weighted by Crippen LogP contribution is 2.31. The van der Waals surface area contributed by atoms with Crippen LogP contribution in [0, 0.1) is 0 Å². The van der Waals surface area contributed by atoms with Crippen molar-refractivity contribution in [3.8, 4) is 5.75 Å². The van der Waals surface area contributed by atoms with Crippen LogP contribution in [0.5, 0.6) is 5.75 Å². The molecule has 1 atom stereocenters. The van der Waals surface area contributed by atoms with Gasteiger partial charge in [0.15, 0.2) is 0 Å². The number of rotatable bonds is 12. The fraction of sp³-hybridized carbons (Fsp3) is 0.565. The van der Waals surface area contributed by atoms with Crippen molar-refractivity contribution < 1.29 is 9.84 Å². The number of ether oxygens (including phenoxy) is 1. The molecule has 0 amide bonds. The number of hydrogen-bond donors (Lipinski definition) is 1. The number of fused-ring (bicyclic) bond motifs is 1. The first kappa shape index (κ1) is 20.7. The monoisotopic (exact) mass is 357 g/mol. The highest BCUT2D eigenvalue weighted by molar-refractivity contribution is 5.91. The van der Waals surface area contributed by atoms with E-state index in [4.69, 9.17) is 4.74 Å². The third-order valence-electron chi connectivity index (χ3n) is 5.08. The van der Waals surface area contributed by atoms with Crippen LogP contribution in [0.15, 0.2) is 36.4 Å². The molecule has 0 heterocycles. The van der Waals surface area contributed by atoms with Gasteiger partial charge < -0.3 is 14.7 Å². The molecule has 2 aromatic carbocycles. The van der Waals surface area contributed by atoms with Crippen molar-refractivity contribution in [1.29, 1.82) is 0 Å². The smallest absolute Gasteiger partial charge is 0.126 e. The van der Waals surface area contributed by atoms with Gasteiger partial charge in [0.1, 0.15) is 5.75 Å². The van der Waals surface area contributed by atoms with Crippen LogP contribution >= 0.6 is 0 Å². The number of benzene rings is 2. The number of unbranched alkanes of at least 4 members (excludes halogenated alkanes) is 4. The highest BCUT2D eigenvalue weighted by atomic mass is 16.5. The van der Waals surface area contributed by atoms with E-state index in [0.717, 1.165) is 35.2 Å². The molecule has 0 bridgehead atoms. The Hall–Kier alpha value is -1.58. The number of aliphatic hydroxyl groups excluding tert-OH is 1. The highest BCUT2D eigenvalue weighted by Gasteiger charge is 2.17. The summed E-state index contributed by atoms with van der Waals surface area (Å²) in [6.45, 7) is 7.31. The Labute approximate surface area is 159 Å². The van der Waals surface area contributed by atoms with Gasteiger partial charge in [-0.1, -0.05) is 69.9 Å². The molecule has 0 aromatic heterocycles. The maximum Gasteiger partial charge on any atom is 0.126 e. The van der Waals surface area contributed by atoms with Crippen molar-refractivity contribution in [2.75, 3.05) is 26.7 Å².